The summed E-state index contributed by atoms with van der Waals surface area (Å²) in [5.74, 6) is -1.84. The van der Waals surface area contributed by atoms with E-state index in [0.717, 1.165) is 83.5 Å². The smallest absolute Gasteiger partial charge is 0.397 e. The molecule has 1 unspecified atom stereocenters. The number of carbonyl (C=O) groups excluding carboxylic acids is 3. The summed E-state index contributed by atoms with van der Waals surface area (Å²) in [6.07, 6.45) is 10.8. The van der Waals surface area contributed by atoms with Crippen molar-refractivity contribution in [1.29, 1.82) is 0 Å². The van der Waals surface area contributed by atoms with Gasteiger partial charge < -0.3 is 29.7 Å². The summed E-state index contributed by atoms with van der Waals surface area (Å²) >= 11 is 0. The van der Waals surface area contributed by atoms with E-state index in [1.54, 1.807) is 0 Å². The molecule has 0 aliphatic carbocycles. The van der Waals surface area contributed by atoms with Crippen molar-refractivity contribution in [2.24, 2.45) is 0 Å². The highest BCUT2D eigenvalue weighted by Crippen LogP contribution is 2.28. The second-order valence-corrected chi connectivity index (χ2v) is 17.1. The van der Waals surface area contributed by atoms with Gasteiger partial charge in [-0.2, -0.15) is 8.42 Å². The molecule has 60 heavy (non-hydrogen) atoms. The van der Waals surface area contributed by atoms with E-state index >= 15 is 0 Å². The lowest BCUT2D eigenvalue weighted by molar-refractivity contribution is -0.254. The topological polar surface area (TPSA) is 195 Å². The molecule has 2 aromatic rings. The molecule has 1 fully saturated rings. The molecule has 13 nitrogen and oxygen atoms in total. The van der Waals surface area contributed by atoms with Crippen molar-refractivity contribution in [3.8, 4) is 0 Å². The summed E-state index contributed by atoms with van der Waals surface area (Å²) in [7, 11) is -5.17. The fourth-order valence-electron chi connectivity index (χ4n) is 7.60. The van der Waals surface area contributed by atoms with E-state index in [-0.39, 0.29) is 19.3 Å². The summed E-state index contributed by atoms with van der Waals surface area (Å²) in [5.41, 5.74) is 2.50. The van der Waals surface area contributed by atoms with Crippen LogP contribution in [0.4, 0.5) is 0 Å². The Bertz CT molecular complexity index is 1580. The van der Waals surface area contributed by atoms with Crippen molar-refractivity contribution >= 4 is 28.2 Å². The minimum absolute atomic E-state index is 0.0500. The monoisotopic (exact) mass is 861 g/mol. The van der Waals surface area contributed by atoms with E-state index < -0.39 is 71.6 Å². The number of amides is 1. The second-order valence-electron chi connectivity index (χ2n) is 16.0. The molecule has 338 valence electrons. The Hall–Kier alpha value is -3.40. The maximum atomic E-state index is 13.6. The minimum atomic E-state index is -5.17. The number of benzene rings is 2. The van der Waals surface area contributed by atoms with Crippen LogP contribution in [0.1, 0.15) is 153 Å². The molecule has 1 heterocycles. The lowest BCUT2D eigenvalue weighted by atomic mass is 9.96. The zero-order valence-electron chi connectivity index (χ0n) is 35.6. The number of rotatable bonds is 32. The minimum Gasteiger partial charge on any atom is -0.462 e. The van der Waals surface area contributed by atoms with Gasteiger partial charge in [0.2, 0.25) is 5.91 Å². The average Bonchev–Trinajstić information content (AvgIpc) is 3.22. The van der Waals surface area contributed by atoms with Crippen LogP contribution >= 0.6 is 0 Å². The molecule has 2 aromatic carbocycles. The van der Waals surface area contributed by atoms with E-state index in [9.17, 15) is 37.6 Å². The molecule has 1 aliphatic rings. The Morgan fingerprint density at radius 2 is 1.20 bits per heavy atom. The number of aliphatic hydroxyl groups is 2. The normalized spacial score (nSPS) is 19.7. The second kappa shape index (κ2) is 29.8. The van der Waals surface area contributed by atoms with Gasteiger partial charge in [-0.15, -0.1) is 0 Å². The van der Waals surface area contributed by atoms with Gasteiger partial charge in [0, 0.05) is 12.8 Å². The molecule has 4 N–H and O–H groups in total. The van der Waals surface area contributed by atoms with Crippen molar-refractivity contribution in [3.05, 3.63) is 71.8 Å². The largest absolute Gasteiger partial charge is 0.462 e. The molecule has 0 spiro atoms. The molecule has 0 aromatic heterocycles. The Kier molecular flexibility index (Phi) is 25.3. The number of hydrogen-bond acceptors (Lipinski definition) is 11. The molecule has 1 amide bonds. The van der Waals surface area contributed by atoms with Crippen molar-refractivity contribution in [1.82, 2.24) is 5.32 Å². The van der Waals surface area contributed by atoms with E-state index in [2.05, 4.69) is 36.5 Å². The van der Waals surface area contributed by atoms with Crippen molar-refractivity contribution in [2.45, 2.75) is 191 Å². The third-order valence-corrected chi connectivity index (χ3v) is 11.4. The maximum Gasteiger partial charge on any atom is 0.397 e. The standard InChI is InChI=1S/C46H71NO12S/c1-2-3-4-5-6-7-8-9-22-31-38(56-41(50)32-23-12-10-16-25-36-27-18-14-19-28-36)34-40(49)47-43-45(44(59-60(53,54)55)39(35-48)57-46(43)52)58-42(51)33-24-13-11-17-26-37-29-20-15-21-30-37/h14-15,18-21,27-30,38-39,43-46,48,52H,2-13,16-17,22-26,31-35H2,1H3,(H,47,49)(H,53,54,55)/t38-,39+,43+,44+,45+,46?/m0/s1. The number of esters is 2. The first-order valence-electron chi connectivity index (χ1n) is 22.3. The Morgan fingerprint density at radius 1 is 0.700 bits per heavy atom. The predicted molar refractivity (Wildman–Crippen MR) is 229 cm³/mol. The third-order valence-electron chi connectivity index (χ3n) is 10.9. The number of aryl methyl sites for hydroxylation is 2. The molecular weight excluding hydrogens is 791 g/mol. The Labute approximate surface area is 358 Å². The summed E-state index contributed by atoms with van der Waals surface area (Å²) in [5, 5.41) is 23.5. The number of aliphatic hydroxyl groups excluding tert-OH is 2. The number of unbranched alkanes of at least 4 members (excludes halogenated alkanes) is 14. The highest BCUT2D eigenvalue weighted by molar-refractivity contribution is 7.80. The van der Waals surface area contributed by atoms with E-state index in [0.29, 0.717) is 19.3 Å². The summed E-state index contributed by atoms with van der Waals surface area (Å²) in [6, 6.07) is 18.7. The fourth-order valence-corrected chi connectivity index (χ4v) is 8.12. The van der Waals surface area contributed by atoms with Crippen molar-refractivity contribution < 1.29 is 56.0 Å². The summed E-state index contributed by atoms with van der Waals surface area (Å²) in [6.45, 7) is 1.32. The lowest BCUT2D eigenvalue weighted by Gasteiger charge is -2.43. The number of carbonyl (C=O) groups is 3. The van der Waals surface area contributed by atoms with E-state index in [1.807, 2.05) is 36.4 Å². The number of nitrogens with one attached hydrogen (secondary N) is 1. The highest BCUT2D eigenvalue weighted by atomic mass is 32.3. The van der Waals surface area contributed by atoms with Crippen LogP contribution in [0.25, 0.3) is 0 Å². The number of ether oxygens (including phenoxy) is 3. The van der Waals surface area contributed by atoms with Crippen LogP contribution in [0.5, 0.6) is 0 Å². The number of hydrogen-bond donors (Lipinski definition) is 4. The lowest BCUT2D eigenvalue weighted by Crippen LogP contribution is -2.66. The molecule has 6 atom stereocenters. The van der Waals surface area contributed by atoms with Crippen LogP contribution < -0.4 is 5.32 Å². The molecule has 1 saturated heterocycles. The van der Waals surface area contributed by atoms with Gasteiger partial charge in [-0.1, -0.05) is 145 Å². The molecular formula is C46H71NO12S. The predicted octanol–water partition coefficient (Wildman–Crippen LogP) is 7.89. The van der Waals surface area contributed by atoms with Gasteiger partial charge in [0.25, 0.3) is 0 Å². The van der Waals surface area contributed by atoms with Crippen LogP contribution in [0.3, 0.4) is 0 Å². The molecule has 0 saturated carbocycles. The SMILES string of the molecule is CCCCCCCCCCC[C@@H](CC(=O)N[C@H]1C(O)O[C@H](CO)[C@@H](OS(=O)(=O)O)[C@@H]1OC(=O)CCCCCCc1ccccc1)OC(=O)CCCCCCc1ccccc1. The van der Waals surface area contributed by atoms with Gasteiger partial charge >= 0.3 is 22.3 Å². The fraction of sp³-hybridized carbons (Fsp3) is 0.674. The van der Waals surface area contributed by atoms with Gasteiger partial charge in [0.15, 0.2) is 12.4 Å². The van der Waals surface area contributed by atoms with E-state index in [1.165, 1.54) is 36.8 Å². The molecule has 1 aliphatic heterocycles. The summed E-state index contributed by atoms with van der Waals surface area (Å²) < 4.78 is 55.1. The Balaban J connectivity index is 1.60. The van der Waals surface area contributed by atoms with Crippen molar-refractivity contribution in [3.63, 3.8) is 0 Å². The first-order valence-corrected chi connectivity index (χ1v) is 23.7. The van der Waals surface area contributed by atoms with Gasteiger partial charge in [-0.05, 0) is 62.5 Å². The van der Waals surface area contributed by atoms with Crippen LogP contribution in [0.2, 0.25) is 0 Å². The highest BCUT2D eigenvalue weighted by Gasteiger charge is 2.50. The van der Waals surface area contributed by atoms with Crippen LogP contribution in [0, 0.1) is 0 Å². The van der Waals surface area contributed by atoms with Gasteiger partial charge in [-0.25, -0.2) is 4.18 Å². The summed E-state index contributed by atoms with van der Waals surface area (Å²) in [4.78, 5) is 39.8. The first kappa shape index (κ1) is 51.0. The molecule has 0 radical (unpaired) electrons. The van der Waals surface area contributed by atoms with Gasteiger partial charge in [0.05, 0.1) is 13.0 Å². The van der Waals surface area contributed by atoms with Gasteiger partial charge in [-0.3, -0.25) is 18.9 Å². The maximum absolute atomic E-state index is 13.6. The Morgan fingerprint density at radius 3 is 1.73 bits per heavy atom. The average molecular weight is 862 g/mol. The molecule has 3 rings (SSSR count). The quantitative estimate of drug-likeness (QED) is 0.0316. The zero-order valence-corrected chi connectivity index (χ0v) is 36.4. The van der Waals surface area contributed by atoms with Crippen LogP contribution in [0.15, 0.2) is 60.7 Å². The van der Waals surface area contributed by atoms with E-state index in [4.69, 9.17) is 18.4 Å². The first-order chi connectivity index (χ1) is 29.0. The molecule has 14 heteroatoms. The van der Waals surface area contributed by atoms with Crippen molar-refractivity contribution in [2.75, 3.05) is 6.61 Å². The van der Waals surface area contributed by atoms with Crippen LogP contribution in [-0.4, -0.2) is 84.4 Å². The third kappa shape index (κ3) is 21.9. The molecule has 0 bridgehead atoms. The zero-order chi connectivity index (χ0) is 43.4. The van der Waals surface area contributed by atoms with Crippen LogP contribution in [-0.2, 0) is 56.0 Å². The van der Waals surface area contributed by atoms with Gasteiger partial charge in [0.1, 0.15) is 24.4 Å².